The number of hydrogen-bond acceptors (Lipinski definition) is 3. The van der Waals surface area contributed by atoms with E-state index in [4.69, 9.17) is 9.78 Å². The van der Waals surface area contributed by atoms with Crippen LogP contribution in [0.25, 0.3) is 0 Å². The highest BCUT2D eigenvalue weighted by molar-refractivity contribution is 5.31. The predicted octanol–water partition coefficient (Wildman–Crippen LogP) is 1.79. The molecular weight excluding hydrogens is 152 g/mol. The number of hydrogen-bond donors (Lipinski definition) is 0. The van der Waals surface area contributed by atoms with Gasteiger partial charge in [0.15, 0.2) is 5.76 Å². The second-order valence-electron chi connectivity index (χ2n) is 3.18. The maximum atomic E-state index is 8.70. The lowest BCUT2D eigenvalue weighted by atomic mass is 10.1. The Balaban J connectivity index is 2.41. The zero-order chi connectivity index (χ0) is 8.55. The van der Waals surface area contributed by atoms with Crippen LogP contribution in [0.4, 0.5) is 0 Å². The van der Waals surface area contributed by atoms with E-state index in [2.05, 4.69) is 11.2 Å². The van der Waals surface area contributed by atoms with Crippen molar-refractivity contribution in [3.63, 3.8) is 0 Å². The summed E-state index contributed by atoms with van der Waals surface area (Å²) < 4.78 is 5.12. The van der Waals surface area contributed by atoms with Gasteiger partial charge in [0.05, 0.1) is 11.8 Å². The van der Waals surface area contributed by atoms with E-state index in [9.17, 15) is 0 Å². The van der Waals surface area contributed by atoms with Crippen molar-refractivity contribution in [2.75, 3.05) is 0 Å². The molecule has 1 unspecified atom stereocenters. The van der Waals surface area contributed by atoms with Crippen LogP contribution >= 0.6 is 0 Å². The van der Waals surface area contributed by atoms with Crippen LogP contribution in [0.5, 0.6) is 0 Å². The highest BCUT2D eigenvalue weighted by atomic mass is 16.5. The van der Waals surface area contributed by atoms with Gasteiger partial charge in [-0.3, -0.25) is 0 Å². The molecule has 1 aliphatic rings. The topological polar surface area (TPSA) is 49.8 Å². The van der Waals surface area contributed by atoms with E-state index >= 15 is 0 Å². The van der Waals surface area contributed by atoms with Crippen molar-refractivity contribution in [2.24, 2.45) is 0 Å². The minimum atomic E-state index is -0.153. The zero-order valence-electron chi connectivity index (χ0n) is 7.00. The molecule has 1 aliphatic carbocycles. The van der Waals surface area contributed by atoms with Crippen molar-refractivity contribution in [3.05, 3.63) is 17.0 Å². The number of nitriles is 1. The average molecular weight is 162 g/mol. The number of fused-ring (bicyclic) bond motifs is 1. The van der Waals surface area contributed by atoms with Crippen molar-refractivity contribution in [1.82, 2.24) is 5.16 Å². The summed E-state index contributed by atoms with van der Waals surface area (Å²) in [6, 6.07) is 2.16. The van der Waals surface area contributed by atoms with Gasteiger partial charge in [-0.2, -0.15) is 5.26 Å². The van der Waals surface area contributed by atoms with Crippen molar-refractivity contribution in [3.8, 4) is 6.07 Å². The van der Waals surface area contributed by atoms with Crippen LogP contribution in [0.15, 0.2) is 4.52 Å². The largest absolute Gasteiger partial charge is 0.359 e. The van der Waals surface area contributed by atoms with Crippen molar-refractivity contribution < 1.29 is 4.52 Å². The Morgan fingerprint density at radius 1 is 1.58 bits per heavy atom. The van der Waals surface area contributed by atoms with Gasteiger partial charge in [0.25, 0.3) is 0 Å². The first-order valence-corrected chi connectivity index (χ1v) is 4.20. The molecule has 0 aliphatic heterocycles. The Hall–Kier alpha value is -1.30. The second kappa shape index (κ2) is 2.63. The van der Waals surface area contributed by atoms with E-state index < -0.39 is 0 Å². The standard InChI is InChI=1S/C9H10N2O/c1-6(5-10)9-7-3-2-4-8(7)11-12-9/h6H,2-4H2,1H3. The van der Waals surface area contributed by atoms with E-state index in [1.807, 2.05) is 6.92 Å². The highest BCUT2D eigenvalue weighted by Crippen LogP contribution is 2.29. The molecule has 1 aromatic rings. The van der Waals surface area contributed by atoms with Crippen LogP contribution in [0, 0.1) is 11.3 Å². The maximum absolute atomic E-state index is 8.70. The van der Waals surface area contributed by atoms with Crippen LogP contribution in [0.3, 0.4) is 0 Å². The summed E-state index contributed by atoms with van der Waals surface area (Å²) >= 11 is 0. The minimum absolute atomic E-state index is 0.153. The lowest BCUT2D eigenvalue weighted by Crippen LogP contribution is -1.91. The van der Waals surface area contributed by atoms with Gasteiger partial charge in [-0.15, -0.1) is 0 Å². The fraction of sp³-hybridized carbons (Fsp3) is 0.556. The molecule has 0 saturated heterocycles. The molecule has 0 radical (unpaired) electrons. The van der Waals surface area contributed by atoms with Crippen molar-refractivity contribution in [1.29, 1.82) is 5.26 Å². The molecular formula is C9H10N2O. The van der Waals surface area contributed by atoms with E-state index in [-0.39, 0.29) is 5.92 Å². The van der Waals surface area contributed by atoms with Gasteiger partial charge < -0.3 is 4.52 Å². The van der Waals surface area contributed by atoms with Gasteiger partial charge in [0.1, 0.15) is 5.92 Å². The molecule has 0 fully saturated rings. The number of nitrogens with zero attached hydrogens (tertiary/aromatic N) is 2. The first-order chi connectivity index (χ1) is 5.83. The third-order valence-corrected chi connectivity index (χ3v) is 2.33. The molecule has 1 atom stereocenters. The first-order valence-electron chi connectivity index (χ1n) is 4.20. The van der Waals surface area contributed by atoms with Gasteiger partial charge in [0.2, 0.25) is 0 Å². The molecule has 0 aromatic carbocycles. The molecule has 0 N–H and O–H groups in total. The molecule has 0 saturated carbocycles. The fourth-order valence-corrected chi connectivity index (χ4v) is 1.65. The average Bonchev–Trinajstić information content (AvgIpc) is 2.62. The van der Waals surface area contributed by atoms with Crippen LogP contribution in [-0.2, 0) is 12.8 Å². The Kier molecular flexibility index (Phi) is 1.61. The maximum Gasteiger partial charge on any atom is 0.157 e. The SMILES string of the molecule is CC(C#N)c1onc2c1CCC2. The van der Waals surface area contributed by atoms with Crippen LogP contribution in [-0.4, -0.2) is 5.16 Å². The molecule has 62 valence electrons. The van der Waals surface area contributed by atoms with Gasteiger partial charge >= 0.3 is 0 Å². The molecule has 1 heterocycles. The first kappa shape index (κ1) is 7.35. The molecule has 3 heteroatoms. The van der Waals surface area contributed by atoms with Gasteiger partial charge in [0, 0.05) is 5.56 Å². The van der Waals surface area contributed by atoms with Gasteiger partial charge in [-0.25, -0.2) is 0 Å². The number of aryl methyl sites for hydroxylation is 1. The lowest BCUT2D eigenvalue weighted by molar-refractivity contribution is 0.369. The third kappa shape index (κ3) is 0.918. The summed E-state index contributed by atoms with van der Waals surface area (Å²) in [5, 5.41) is 12.6. The second-order valence-corrected chi connectivity index (χ2v) is 3.18. The quantitative estimate of drug-likeness (QED) is 0.632. The Bertz CT molecular complexity index is 335. The summed E-state index contributed by atoms with van der Waals surface area (Å²) in [5.41, 5.74) is 2.25. The number of aromatic nitrogens is 1. The van der Waals surface area contributed by atoms with Crippen LogP contribution < -0.4 is 0 Å². The fourth-order valence-electron chi connectivity index (χ4n) is 1.65. The van der Waals surface area contributed by atoms with Crippen molar-refractivity contribution >= 4 is 0 Å². The Morgan fingerprint density at radius 3 is 3.17 bits per heavy atom. The molecule has 2 rings (SSSR count). The van der Waals surface area contributed by atoms with Crippen LogP contribution in [0.2, 0.25) is 0 Å². The summed E-state index contributed by atoms with van der Waals surface area (Å²) in [7, 11) is 0. The molecule has 1 aromatic heterocycles. The molecule has 0 amide bonds. The van der Waals surface area contributed by atoms with E-state index in [0.29, 0.717) is 0 Å². The summed E-state index contributed by atoms with van der Waals surface area (Å²) in [4.78, 5) is 0. The normalized spacial score (nSPS) is 17.0. The van der Waals surface area contributed by atoms with E-state index in [1.165, 1.54) is 5.56 Å². The smallest absolute Gasteiger partial charge is 0.157 e. The van der Waals surface area contributed by atoms with Gasteiger partial charge in [-0.1, -0.05) is 5.16 Å². The molecule has 12 heavy (non-hydrogen) atoms. The molecule has 3 nitrogen and oxygen atoms in total. The lowest BCUT2D eigenvalue weighted by Gasteiger charge is -1.96. The summed E-state index contributed by atoms with van der Waals surface area (Å²) in [6.45, 7) is 1.85. The highest BCUT2D eigenvalue weighted by Gasteiger charge is 2.23. The summed E-state index contributed by atoms with van der Waals surface area (Å²) in [6.07, 6.45) is 3.19. The Labute approximate surface area is 71.0 Å². The molecule has 0 bridgehead atoms. The van der Waals surface area contributed by atoms with Crippen molar-refractivity contribution in [2.45, 2.75) is 32.1 Å². The third-order valence-electron chi connectivity index (χ3n) is 2.33. The monoisotopic (exact) mass is 162 g/mol. The molecule has 0 spiro atoms. The minimum Gasteiger partial charge on any atom is -0.359 e. The Morgan fingerprint density at radius 2 is 2.42 bits per heavy atom. The number of rotatable bonds is 1. The predicted molar refractivity (Wildman–Crippen MR) is 42.6 cm³/mol. The van der Waals surface area contributed by atoms with Gasteiger partial charge in [-0.05, 0) is 26.2 Å². The van der Waals surface area contributed by atoms with E-state index in [0.717, 1.165) is 30.7 Å². The summed E-state index contributed by atoms with van der Waals surface area (Å²) in [5.74, 6) is 0.629. The zero-order valence-corrected chi connectivity index (χ0v) is 7.00. The van der Waals surface area contributed by atoms with E-state index in [1.54, 1.807) is 0 Å². The van der Waals surface area contributed by atoms with Crippen LogP contribution in [0.1, 0.15) is 36.3 Å².